The van der Waals surface area contributed by atoms with Gasteiger partial charge in [0, 0.05) is 56.4 Å². The van der Waals surface area contributed by atoms with Gasteiger partial charge in [0.1, 0.15) is 0 Å². The third-order valence-electron chi connectivity index (χ3n) is 8.21. The first kappa shape index (κ1) is 31.3. The van der Waals surface area contributed by atoms with Crippen LogP contribution in [0.25, 0.3) is 0 Å². The van der Waals surface area contributed by atoms with Crippen LogP contribution in [0, 0.1) is 13.8 Å². The lowest BCUT2D eigenvalue weighted by Gasteiger charge is -2.45. The zero-order valence-electron chi connectivity index (χ0n) is 23.8. The van der Waals surface area contributed by atoms with Crippen molar-refractivity contribution < 1.29 is 35.9 Å². The molecule has 0 radical (unpaired) electrons. The molecule has 2 saturated heterocycles. The fourth-order valence-corrected chi connectivity index (χ4v) is 5.58. The van der Waals surface area contributed by atoms with Crippen LogP contribution in [0.4, 0.5) is 26.3 Å². The number of ether oxygens (including phenoxy) is 1. The van der Waals surface area contributed by atoms with Gasteiger partial charge in [-0.2, -0.15) is 26.3 Å². The van der Waals surface area contributed by atoms with Crippen LogP contribution in [0.5, 0.6) is 0 Å². The van der Waals surface area contributed by atoms with Crippen molar-refractivity contribution in [3.8, 4) is 0 Å². The molecule has 4 rings (SSSR count). The highest BCUT2D eigenvalue weighted by atomic mass is 19.4. The number of aryl methyl sites for hydroxylation is 2. The number of piperazine rings is 1. The molecule has 226 valence electrons. The Labute approximate surface area is 237 Å². The normalized spacial score (nSPS) is 20.8. The molecule has 0 aromatic heterocycles. The molecule has 5 nitrogen and oxygen atoms in total. The van der Waals surface area contributed by atoms with Crippen LogP contribution < -0.4 is 0 Å². The van der Waals surface area contributed by atoms with Crippen LogP contribution in [0.15, 0.2) is 36.4 Å². The van der Waals surface area contributed by atoms with Gasteiger partial charge in [-0.3, -0.25) is 14.6 Å². The summed E-state index contributed by atoms with van der Waals surface area (Å²) in [7, 11) is 0. The minimum absolute atomic E-state index is 0.0500. The molecule has 1 atom stereocenters. The van der Waals surface area contributed by atoms with Gasteiger partial charge >= 0.3 is 12.4 Å². The van der Waals surface area contributed by atoms with E-state index in [0.29, 0.717) is 44.9 Å². The third-order valence-corrected chi connectivity index (χ3v) is 8.21. The molecule has 2 aliphatic heterocycles. The van der Waals surface area contributed by atoms with Crippen LogP contribution in [-0.4, -0.2) is 84.7 Å². The average molecular weight is 586 g/mol. The number of rotatable bonds is 6. The minimum atomic E-state index is -5.03. The summed E-state index contributed by atoms with van der Waals surface area (Å²) in [6, 6.07) is 6.61. The monoisotopic (exact) mass is 585 g/mol. The smallest absolute Gasteiger partial charge is 0.378 e. The zero-order chi connectivity index (χ0) is 30.2. The highest BCUT2D eigenvalue weighted by molar-refractivity contribution is 5.95. The van der Waals surface area contributed by atoms with E-state index in [9.17, 15) is 31.1 Å². The van der Waals surface area contributed by atoms with Gasteiger partial charge in [0.25, 0.3) is 5.91 Å². The van der Waals surface area contributed by atoms with Crippen LogP contribution in [0.2, 0.25) is 0 Å². The molecular formula is C30H37F6N3O2. The Morgan fingerprint density at radius 3 is 2.15 bits per heavy atom. The first-order chi connectivity index (χ1) is 19.0. The van der Waals surface area contributed by atoms with Gasteiger partial charge < -0.3 is 9.64 Å². The summed E-state index contributed by atoms with van der Waals surface area (Å²) in [6.07, 6.45) is -9.63. The highest BCUT2D eigenvalue weighted by Gasteiger charge is 2.39. The first-order valence-electron chi connectivity index (χ1n) is 13.8. The van der Waals surface area contributed by atoms with Gasteiger partial charge in [-0.15, -0.1) is 0 Å². The molecule has 0 unspecified atom stereocenters. The molecule has 11 heteroatoms. The zero-order valence-corrected chi connectivity index (χ0v) is 23.8. The molecule has 2 aromatic carbocycles. The molecule has 2 heterocycles. The number of hydrogen-bond donors (Lipinski definition) is 0. The maximum atomic E-state index is 13.6. The molecule has 1 amide bonds. The van der Waals surface area contributed by atoms with Gasteiger partial charge in [0.15, 0.2) is 0 Å². The number of hydrogen-bond acceptors (Lipinski definition) is 4. The molecule has 2 fully saturated rings. The number of morpholine rings is 1. The Kier molecular flexibility index (Phi) is 9.11. The van der Waals surface area contributed by atoms with E-state index in [1.807, 2.05) is 32.0 Å². The Morgan fingerprint density at radius 2 is 1.56 bits per heavy atom. The Balaban J connectivity index is 1.60. The van der Waals surface area contributed by atoms with Crippen LogP contribution in [0.1, 0.15) is 52.0 Å². The standard InChI is InChI=1S/C30H37F6N3O2/c1-20-5-6-22(13-21(20)2)14-26-18-37(7-9-38-11-12-41-19-28(38,3)4)8-10-39(26)27(40)23-15-24(29(31,32)33)17-25(16-23)30(34,35)36/h5-6,13,15-17,26H,7-12,14,18-19H2,1-4H3/t26-/m1/s1. The van der Waals surface area contributed by atoms with E-state index in [-0.39, 0.29) is 18.2 Å². The number of benzene rings is 2. The van der Waals surface area contributed by atoms with E-state index in [0.717, 1.165) is 36.3 Å². The second-order valence-corrected chi connectivity index (χ2v) is 11.7. The molecule has 41 heavy (non-hydrogen) atoms. The maximum Gasteiger partial charge on any atom is 0.416 e. The predicted octanol–water partition coefficient (Wildman–Crippen LogP) is 5.82. The van der Waals surface area contributed by atoms with Crippen molar-refractivity contribution in [2.75, 3.05) is 52.5 Å². The number of nitrogens with zero attached hydrogens (tertiary/aromatic N) is 3. The maximum absolute atomic E-state index is 13.6. The van der Waals surface area contributed by atoms with E-state index in [1.165, 1.54) is 4.90 Å². The number of carbonyl (C=O) groups excluding carboxylic acids is 1. The molecule has 0 spiro atoms. The van der Waals surface area contributed by atoms with E-state index < -0.39 is 41.0 Å². The Hall–Kier alpha value is -2.63. The first-order valence-corrected chi connectivity index (χ1v) is 13.8. The topological polar surface area (TPSA) is 36.0 Å². The predicted molar refractivity (Wildman–Crippen MR) is 144 cm³/mol. The van der Waals surface area contributed by atoms with Crippen molar-refractivity contribution in [2.24, 2.45) is 0 Å². The largest absolute Gasteiger partial charge is 0.416 e. The van der Waals surface area contributed by atoms with E-state index >= 15 is 0 Å². The lowest BCUT2D eigenvalue weighted by Crippen LogP contribution is -2.59. The summed E-state index contributed by atoms with van der Waals surface area (Å²) in [5.41, 5.74) is -0.595. The SMILES string of the molecule is Cc1ccc(C[C@@H]2CN(CCN3CCOCC3(C)C)CCN2C(=O)c2cc(C(F)(F)F)cc(C(F)(F)F)c2)cc1C. The molecule has 0 N–H and O–H groups in total. The fourth-order valence-electron chi connectivity index (χ4n) is 5.58. The summed E-state index contributed by atoms with van der Waals surface area (Å²) >= 11 is 0. The van der Waals surface area contributed by atoms with Gasteiger partial charge in [0.05, 0.1) is 24.3 Å². The lowest BCUT2D eigenvalue weighted by molar-refractivity contribution is -0.143. The van der Waals surface area contributed by atoms with Gasteiger partial charge in [-0.1, -0.05) is 18.2 Å². The van der Waals surface area contributed by atoms with Crippen LogP contribution in [-0.2, 0) is 23.5 Å². The van der Waals surface area contributed by atoms with Crippen molar-refractivity contribution in [2.45, 2.75) is 58.0 Å². The van der Waals surface area contributed by atoms with Crippen molar-refractivity contribution in [1.82, 2.24) is 14.7 Å². The summed E-state index contributed by atoms with van der Waals surface area (Å²) in [4.78, 5) is 19.6. The summed E-state index contributed by atoms with van der Waals surface area (Å²) in [6.45, 7) is 12.9. The van der Waals surface area contributed by atoms with Crippen LogP contribution >= 0.6 is 0 Å². The number of halogens is 6. The second kappa shape index (κ2) is 11.9. The molecule has 2 aromatic rings. The number of alkyl halides is 6. The Morgan fingerprint density at radius 1 is 0.902 bits per heavy atom. The van der Waals surface area contributed by atoms with Gasteiger partial charge in [-0.05, 0) is 69.0 Å². The molecule has 2 aliphatic rings. The number of carbonyl (C=O) groups is 1. The quantitative estimate of drug-likeness (QED) is 0.401. The third kappa shape index (κ3) is 7.61. The summed E-state index contributed by atoms with van der Waals surface area (Å²) in [5.74, 6) is -0.829. The molecular weight excluding hydrogens is 548 g/mol. The second-order valence-electron chi connectivity index (χ2n) is 11.7. The van der Waals surface area contributed by atoms with E-state index in [2.05, 4.69) is 23.6 Å². The lowest BCUT2D eigenvalue weighted by atomic mass is 9.97. The van der Waals surface area contributed by atoms with E-state index in [4.69, 9.17) is 4.74 Å². The number of amides is 1. The molecule has 0 saturated carbocycles. The van der Waals surface area contributed by atoms with Crippen molar-refractivity contribution in [3.05, 3.63) is 69.8 Å². The fraction of sp³-hybridized carbons (Fsp3) is 0.567. The molecule has 0 aliphatic carbocycles. The van der Waals surface area contributed by atoms with E-state index in [1.54, 1.807) is 0 Å². The molecule has 0 bridgehead atoms. The van der Waals surface area contributed by atoms with Gasteiger partial charge in [0.2, 0.25) is 0 Å². The Bertz CT molecular complexity index is 1210. The highest BCUT2D eigenvalue weighted by Crippen LogP contribution is 2.37. The van der Waals surface area contributed by atoms with Crippen LogP contribution in [0.3, 0.4) is 0 Å². The summed E-state index contributed by atoms with van der Waals surface area (Å²) in [5, 5.41) is 0. The van der Waals surface area contributed by atoms with Crippen molar-refractivity contribution in [3.63, 3.8) is 0 Å². The van der Waals surface area contributed by atoms with Crippen molar-refractivity contribution in [1.29, 1.82) is 0 Å². The van der Waals surface area contributed by atoms with Crippen molar-refractivity contribution >= 4 is 5.91 Å². The average Bonchev–Trinajstić information content (AvgIpc) is 2.88. The minimum Gasteiger partial charge on any atom is -0.378 e. The van der Waals surface area contributed by atoms with Gasteiger partial charge in [-0.25, -0.2) is 0 Å². The summed E-state index contributed by atoms with van der Waals surface area (Å²) < 4.78 is 86.7.